The number of carbonyl (C=O) groups is 1. The monoisotopic (exact) mass is 333 g/mol. The third-order valence-corrected chi connectivity index (χ3v) is 5.49. The van der Waals surface area contributed by atoms with Crippen LogP contribution in [0.5, 0.6) is 0 Å². The van der Waals surface area contributed by atoms with Crippen molar-refractivity contribution in [1.82, 2.24) is 14.8 Å². The Labute approximate surface area is 143 Å². The maximum atomic E-state index is 12.8. The number of hydrogen-bond acceptors (Lipinski definition) is 5. The topological polar surface area (TPSA) is 65.9 Å². The van der Waals surface area contributed by atoms with Crippen LogP contribution < -0.4 is 0 Å². The van der Waals surface area contributed by atoms with Gasteiger partial charge in [0.1, 0.15) is 0 Å². The molecule has 1 amide bonds. The molecule has 0 radical (unpaired) electrons. The number of aliphatic hydroxyl groups excluding tert-OH is 1. The molecule has 0 unspecified atom stereocenters. The fourth-order valence-corrected chi connectivity index (χ4v) is 4.15. The van der Waals surface area contributed by atoms with Crippen LogP contribution in [0.2, 0.25) is 0 Å². The molecule has 2 aliphatic rings. The van der Waals surface area contributed by atoms with Gasteiger partial charge in [0.05, 0.1) is 24.3 Å². The van der Waals surface area contributed by atoms with E-state index in [0.717, 1.165) is 24.8 Å². The van der Waals surface area contributed by atoms with Gasteiger partial charge in [-0.25, -0.2) is 0 Å². The van der Waals surface area contributed by atoms with Gasteiger partial charge in [0, 0.05) is 32.6 Å². The smallest absolute Gasteiger partial charge is 0.237 e. The van der Waals surface area contributed by atoms with E-state index in [9.17, 15) is 9.90 Å². The number of fused-ring (bicyclic) bond motifs is 1. The first kappa shape index (κ1) is 17.3. The molecule has 1 saturated heterocycles. The van der Waals surface area contributed by atoms with Gasteiger partial charge in [-0.3, -0.25) is 14.7 Å². The molecule has 132 valence electrons. The van der Waals surface area contributed by atoms with E-state index in [1.54, 1.807) is 19.5 Å². The molecule has 1 aromatic heterocycles. The number of pyridine rings is 1. The Morgan fingerprint density at radius 2 is 2.21 bits per heavy atom. The molecule has 1 N–H and O–H groups in total. The minimum atomic E-state index is -0.332. The summed E-state index contributed by atoms with van der Waals surface area (Å²) in [5, 5.41) is 10.0. The van der Waals surface area contributed by atoms with Crippen LogP contribution in [0.25, 0.3) is 0 Å². The maximum Gasteiger partial charge on any atom is 0.237 e. The zero-order valence-corrected chi connectivity index (χ0v) is 14.5. The molecule has 3 rings (SSSR count). The molecule has 0 aromatic carbocycles. The average molecular weight is 333 g/mol. The Hall–Kier alpha value is -1.50. The number of rotatable bonds is 5. The molecule has 6 nitrogen and oxygen atoms in total. The molecule has 1 aromatic rings. The number of aliphatic hydroxyl groups is 1. The van der Waals surface area contributed by atoms with E-state index < -0.39 is 0 Å². The van der Waals surface area contributed by atoms with Crippen molar-refractivity contribution in [1.29, 1.82) is 0 Å². The lowest BCUT2D eigenvalue weighted by molar-refractivity contribution is -0.140. The molecule has 0 spiro atoms. The Morgan fingerprint density at radius 3 is 2.92 bits per heavy atom. The molecule has 0 bridgehead atoms. The lowest BCUT2D eigenvalue weighted by Gasteiger charge is -2.42. The normalized spacial score (nSPS) is 29.8. The molecule has 24 heavy (non-hydrogen) atoms. The number of amides is 1. The highest BCUT2D eigenvalue weighted by molar-refractivity contribution is 5.79. The van der Waals surface area contributed by atoms with Crippen LogP contribution in [0.4, 0.5) is 0 Å². The van der Waals surface area contributed by atoms with Gasteiger partial charge in [-0.05, 0) is 50.4 Å². The number of likely N-dealkylation sites (N-methyl/N-ethyl adjacent to an activating group) is 1. The maximum absolute atomic E-state index is 12.8. The summed E-state index contributed by atoms with van der Waals surface area (Å²) in [7, 11) is 3.68. The lowest BCUT2D eigenvalue weighted by Crippen LogP contribution is -2.54. The summed E-state index contributed by atoms with van der Waals surface area (Å²) in [6.45, 7) is 1.80. The number of aromatic nitrogens is 1. The summed E-state index contributed by atoms with van der Waals surface area (Å²) in [5.74, 6) is 0.115. The van der Waals surface area contributed by atoms with Crippen LogP contribution in [0.15, 0.2) is 24.5 Å². The predicted molar refractivity (Wildman–Crippen MR) is 90.3 cm³/mol. The Bertz CT molecular complexity index is 568. The quantitative estimate of drug-likeness (QED) is 0.872. The fourth-order valence-electron chi connectivity index (χ4n) is 4.15. The number of nitrogens with zero attached hydrogens (tertiary/aromatic N) is 3. The highest BCUT2D eigenvalue weighted by Gasteiger charge is 2.52. The summed E-state index contributed by atoms with van der Waals surface area (Å²) < 4.78 is 5.81. The van der Waals surface area contributed by atoms with Gasteiger partial charge < -0.3 is 14.7 Å². The van der Waals surface area contributed by atoms with E-state index in [0.29, 0.717) is 26.1 Å². The fraction of sp³-hybridized carbons (Fsp3) is 0.667. The summed E-state index contributed by atoms with van der Waals surface area (Å²) in [4.78, 5) is 20.8. The highest BCUT2D eigenvalue weighted by Crippen LogP contribution is 2.42. The summed E-state index contributed by atoms with van der Waals surface area (Å²) in [6, 6.07) is 3.92. The molecular formula is C18H27N3O3. The Kier molecular flexibility index (Phi) is 5.18. The average Bonchev–Trinajstić information content (AvgIpc) is 2.95. The SMILES string of the molecule is CO[C@@]12CC[C@@H](O)C[C@@H]1N(C(=O)CN(C)Cc1ccncc1)CC2. The number of likely N-dealkylation sites (tertiary alicyclic amines) is 1. The van der Waals surface area contributed by atoms with E-state index in [-0.39, 0.29) is 23.7 Å². The van der Waals surface area contributed by atoms with Gasteiger partial charge in [0.15, 0.2) is 0 Å². The minimum Gasteiger partial charge on any atom is -0.393 e. The minimum absolute atomic E-state index is 0.00641. The lowest BCUT2D eigenvalue weighted by atomic mass is 9.79. The molecule has 1 aliphatic carbocycles. The molecule has 2 heterocycles. The molecular weight excluding hydrogens is 306 g/mol. The third-order valence-electron chi connectivity index (χ3n) is 5.49. The number of methoxy groups -OCH3 is 1. The van der Waals surface area contributed by atoms with Crippen molar-refractivity contribution in [2.45, 2.75) is 50.0 Å². The molecule has 3 atom stereocenters. The zero-order valence-electron chi connectivity index (χ0n) is 14.5. The van der Waals surface area contributed by atoms with Crippen molar-refractivity contribution in [3.63, 3.8) is 0 Å². The first-order chi connectivity index (χ1) is 11.5. The van der Waals surface area contributed by atoms with Crippen molar-refractivity contribution >= 4 is 5.91 Å². The van der Waals surface area contributed by atoms with Gasteiger partial charge >= 0.3 is 0 Å². The second kappa shape index (κ2) is 7.17. The van der Waals surface area contributed by atoms with Crippen molar-refractivity contribution in [3.05, 3.63) is 30.1 Å². The van der Waals surface area contributed by atoms with Gasteiger partial charge in [-0.15, -0.1) is 0 Å². The number of carbonyl (C=O) groups excluding carboxylic acids is 1. The van der Waals surface area contributed by atoms with Crippen LogP contribution in [0.1, 0.15) is 31.2 Å². The molecule has 2 fully saturated rings. The number of hydrogen-bond donors (Lipinski definition) is 1. The van der Waals surface area contributed by atoms with Crippen molar-refractivity contribution in [2.24, 2.45) is 0 Å². The largest absolute Gasteiger partial charge is 0.393 e. The number of ether oxygens (including phenoxy) is 1. The van der Waals surface area contributed by atoms with Gasteiger partial charge in [0.25, 0.3) is 0 Å². The van der Waals surface area contributed by atoms with E-state index in [4.69, 9.17) is 4.74 Å². The second-order valence-electron chi connectivity index (χ2n) is 7.08. The first-order valence-corrected chi connectivity index (χ1v) is 8.64. The summed E-state index contributed by atoms with van der Waals surface area (Å²) in [5.41, 5.74) is 0.875. The zero-order chi connectivity index (χ0) is 17.2. The van der Waals surface area contributed by atoms with E-state index >= 15 is 0 Å². The van der Waals surface area contributed by atoms with E-state index in [2.05, 4.69) is 4.98 Å². The van der Waals surface area contributed by atoms with E-state index in [1.165, 1.54) is 0 Å². The van der Waals surface area contributed by atoms with Crippen molar-refractivity contribution in [2.75, 3.05) is 27.2 Å². The standard InChI is InChI=1S/C18H27N3O3/c1-20(12-14-4-8-19-9-5-14)13-17(23)21-10-7-18(24-2)6-3-15(22)11-16(18)21/h4-5,8-9,15-16,22H,3,6-7,10-13H2,1-2H3/t15-,16+,18-/m1/s1. The molecule has 1 saturated carbocycles. The van der Waals surface area contributed by atoms with Gasteiger partial charge in [0.2, 0.25) is 5.91 Å². The Morgan fingerprint density at radius 1 is 1.46 bits per heavy atom. The third kappa shape index (κ3) is 3.45. The van der Waals surface area contributed by atoms with Crippen LogP contribution >= 0.6 is 0 Å². The Balaban J connectivity index is 1.62. The van der Waals surface area contributed by atoms with E-state index in [1.807, 2.05) is 29.0 Å². The molecule has 1 aliphatic heterocycles. The molecule has 6 heteroatoms. The van der Waals surface area contributed by atoms with Gasteiger partial charge in [-0.1, -0.05) is 0 Å². The summed E-state index contributed by atoms with van der Waals surface area (Å²) >= 11 is 0. The van der Waals surface area contributed by atoms with Crippen LogP contribution in [-0.2, 0) is 16.1 Å². The van der Waals surface area contributed by atoms with Crippen molar-refractivity contribution < 1.29 is 14.6 Å². The van der Waals surface area contributed by atoms with Crippen LogP contribution in [0.3, 0.4) is 0 Å². The predicted octanol–water partition coefficient (Wildman–Crippen LogP) is 1.04. The van der Waals surface area contributed by atoms with Crippen LogP contribution in [-0.4, -0.2) is 70.8 Å². The van der Waals surface area contributed by atoms with Crippen LogP contribution in [0, 0.1) is 0 Å². The summed E-state index contributed by atoms with van der Waals surface area (Å²) in [6.07, 6.45) is 6.26. The van der Waals surface area contributed by atoms with Crippen molar-refractivity contribution in [3.8, 4) is 0 Å². The van der Waals surface area contributed by atoms with Gasteiger partial charge in [-0.2, -0.15) is 0 Å². The highest BCUT2D eigenvalue weighted by atomic mass is 16.5. The first-order valence-electron chi connectivity index (χ1n) is 8.64. The second-order valence-corrected chi connectivity index (χ2v) is 7.08.